The molecule has 0 saturated carbocycles. The Labute approximate surface area is 180 Å². The maximum atomic E-state index is 11.0. The highest BCUT2D eigenvalue weighted by atomic mass is 16.6. The molecule has 0 aliphatic carbocycles. The van der Waals surface area contributed by atoms with E-state index in [9.17, 15) is 10.1 Å². The van der Waals surface area contributed by atoms with Gasteiger partial charge in [0.25, 0.3) is 5.69 Å². The van der Waals surface area contributed by atoms with Crippen molar-refractivity contribution in [3.8, 4) is 11.4 Å². The number of fused-ring (bicyclic) bond motifs is 1. The molecule has 0 N–H and O–H groups in total. The number of non-ortho nitro benzene ring substituents is 1. The van der Waals surface area contributed by atoms with Crippen LogP contribution in [0.5, 0.6) is 0 Å². The first-order valence-corrected chi connectivity index (χ1v) is 10.9. The summed E-state index contributed by atoms with van der Waals surface area (Å²) in [4.78, 5) is 22.4. The summed E-state index contributed by atoms with van der Waals surface area (Å²) in [6.45, 7) is 4.89. The van der Waals surface area contributed by atoms with E-state index in [0.717, 1.165) is 80.5 Å². The van der Waals surface area contributed by atoms with Crippen LogP contribution in [0.3, 0.4) is 0 Å². The Morgan fingerprint density at radius 2 is 1.97 bits per heavy atom. The van der Waals surface area contributed by atoms with E-state index in [4.69, 9.17) is 4.98 Å². The molecule has 0 amide bonds. The van der Waals surface area contributed by atoms with Gasteiger partial charge in [-0.2, -0.15) is 0 Å². The lowest BCUT2D eigenvalue weighted by molar-refractivity contribution is -0.384. The fourth-order valence-corrected chi connectivity index (χ4v) is 4.56. The molecule has 1 saturated heterocycles. The molecule has 5 rings (SSSR count). The molecule has 0 bridgehead atoms. The molecular formula is C22H25N7O2. The maximum Gasteiger partial charge on any atom is 0.269 e. The molecule has 3 aromatic rings. The molecular weight excluding hydrogens is 394 g/mol. The molecule has 1 fully saturated rings. The van der Waals surface area contributed by atoms with Gasteiger partial charge >= 0.3 is 0 Å². The summed E-state index contributed by atoms with van der Waals surface area (Å²) in [6, 6.07) is 8.50. The average Bonchev–Trinajstić information content (AvgIpc) is 3.43. The predicted molar refractivity (Wildman–Crippen MR) is 116 cm³/mol. The van der Waals surface area contributed by atoms with Crippen LogP contribution in [0.1, 0.15) is 49.4 Å². The molecule has 160 valence electrons. The smallest absolute Gasteiger partial charge is 0.269 e. The van der Waals surface area contributed by atoms with Crippen molar-refractivity contribution in [2.75, 3.05) is 18.0 Å². The van der Waals surface area contributed by atoms with E-state index in [1.165, 1.54) is 12.1 Å². The van der Waals surface area contributed by atoms with Gasteiger partial charge in [-0.05, 0) is 37.8 Å². The van der Waals surface area contributed by atoms with Crippen molar-refractivity contribution in [3.63, 3.8) is 0 Å². The topological polar surface area (TPSA) is 103 Å². The van der Waals surface area contributed by atoms with Gasteiger partial charge in [0.1, 0.15) is 17.5 Å². The van der Waals surface area contributed by atoms with Crippen molar-refractivity contribution in [2.45, 2.75) is 51.5 Å². The predicted octanol–water partition coefficient (Wildman–Crippen LogP) is 3.54. The molecule has 0 radical (unpaired) electrons. The van der Waals surface area contributed by atoms with Crippen molar-refractivity contribution >= 4 is 11.5 Å². The van der Waals surface area contributed by atoms with Crippen LogP contribution < -0.4 is 4.90 Å². The minimum Gasteiger partial charge on any atom is -0.356 e. The highest BCUT2D eigenvalue weighted by molar-refractivity contribution is 5.60. The number of anilines is 1. The van der Waals surface area contributed by atoms with Crippen molar-refractivity contribution in [1.82, 2.24) is 24.7 Å². The Kier molecular flexibility index (Phi) is 5.09. The minimum atomic E-state index is -0.395. The Morgan fingerprint density at radius 3 is 2.74 bits per heavy atom. The van der Waals surface area contributed by atoms with Crippen molar-refractivity contribution in [3.05, 3.63) is 57.8 Å². The lowest BCUT2D eigenvalue weighted by Crippen LogP contribution is -2.36. The average molecular weight is 419 g/mol. The molecule has 31 heavy (non-hydrogen) atoms. The molecule has 1 aromatic carbocycles. The van der Waals surface area contributed by atoms with Crippen LogP contribution in [0.2, 0.25) is 0 Å². The summed E-state index contributed by atoms with van der Waals surface area (Å²) in [5.74, 6) is 4.08. The second-order valence-electron chi connectivity index (χ2n) is 8.21. The number of nitrogens with zero attached hydrogens (tertiary/aromatic N) is 7. The van der Waals surface area contributed by atoms with Gasteiger partial charge in [0.05, 0.1) is 4.92 Å². The first kappa shape index (κ1) is 19.6. The number of piperidine rings is 1. The monoisotopic (exact) mass is 419 g/mol. The third kappa shape index (κ3) is 3.75. The quantitative estimate of drug-likeness (QED) is 0.460. The summed E-state index contributed by atoms with van der Waals surface area (Å²) in [5, 5.41) is 19.9. The third-order valence-corrected chi connectivity index (χ3v) is 6.21. The molecule has 2 aliphatic rings. The van der Waals surface area contributed by atoms with E-state index in [-0.39, 0.29) is 5.69 Å². The number of nitro groups is 1. The fourth-order valence-electron chi connectivity index (χ4n) is 4.56. The molecule has 1 atom stereocenters. The summed E-state index contributed by atoms with van der Waals surface area (Å²) >= 11 is 0. The van der Waals surface area contributed by atoms with Gasteiger partial charge in [-0.3, -0.25) is 10.1 Å². The highest BCUT2D eigenvalue weighted by Crippen LogP contribution is 2.31. The van der Waals surface area contributed by atoms with Crippen LogP contribution in [0, 0.1) is 10.1 Å². The number of aromatic nitrogens is 5. The number of benzene rings is 1. The van der Waals surface area contributed by atoms with E-state index in [2.05, 4.69) is 37.6 Å². The number of hydrogen-bond donors (Lipinski definition) is 0. The maximum absolute atomic E-state index is 11.0. The normalized spacial score (nSPS) is 18.2. The van der Waals surface area contributed by atoms with Crippen LogP contribution in [0.15, 0.2) is 30.3 Å². The zero-order chi connectivity index (χ0) is 21.4. The van der Waals surface area contributed by atoms with Gasteiger partial charge in [0.15, 0.2) is 5.82 Å². The fraction of sp³-hybridized carbons (Fsp3) is 0.455. The Hall–Kier alpha value is -3.36. The molecule has 2 aliphatic heterocycles. The second-order valence-corrected chi connectivity index (χ2v) is 8.21. The summed E-state index contributed by atoms with van der Waals surface area (Å²) in [6.07, 6.45) is 5.15. The first-order chi connectivity index (χ1) is 15.1. The summed E-state index contributed by atoms with van der Waals surface area (Å²) in [7, 11) is 0. The molecule has 9 nitrogen and oxygen atoms in total. The number of rotatable bonds is 5. The van der Waals surface area contributed by atoms with Gasteiger partial charge in [-0.1, -0.05) is 6.92 Å². The van der Waals surface area contributed by atoms with Crippen LogP contribution >= 0.6 is 0 Å². The van der Waals surface area contributed by atoms with Crippen LogP contribution in [0.4, 0.5) is 11.5 Å². The van der Waals surface area contributed by atoms with Gasteiger partial charge in [-0.25, -0.2) is 9.97 Å². The first-order valence-electron chi connectivity index (χ1n) is 10.9. The second kappa shape index (κ2) is 8.05. The minimum absolute atomic E-state index is 0.0651. The van der Waals surface area contributed by atoms with E-state index in [1.807, 2.05) is 0 Å². The molecule has 4 heterocycles. The molecule has 9 heteroatoms. The number of hydrogen-bond acceptors (Lipinski definition) is 7. The molecule has 1 unspecified atom stereocenters. The van der Waals surface area contributed by atoms with Crippen molar-refractivity contribution < 1.29 is 4.92 Å². The summed E-state index contributed by atoms with van der Waals surface area (Å²) in [5.41, 5.74) is 1.81. The van der Waals surface area contributed by atoms with Crippen LogP contribution in [-0.4, -0.2) is 42.7 Å². The Bertz CT molecular complexity index is 1110. The van der Waals surface area contributed by atoms with Crippen LogP contribution in [0.25, 0.3) is 11.4 Å². The largest absolute Gasteiger partial charge is 0.356 e. The van der Waals surface area contributed by atoms with Crippen molar-refractivity contribution in [1.29, 1.82) is 0 Å². The Morgan fingerprint density at radius 1 is 1.13 bits per heavy atom. The van der Waals surface area contributed by atoms with Gasteiger partial charge in [-0.15, -0.1) is 10.2 Å². The van der Waals surface area contributed by atoms with Crippen molar-refractivity contribution in [2.24, 2.45) is 0 Å². The Balaban J connectivity index is 1.43. The lowest BCUT2D eigenvalue weighted by Gasteiger charge is -2.33. The SMILES string of the molecule is CCc1cc(N2CCCC(c3nnc4n3CCC4)C2)nc(-c2ccc([N+](=O)[O-])cc2)n1. The van der Waals surface area contributed by atoms with Gasteiger partial charge < -0.3 is 9.47 Å². The zero-order valence-corrected chi connectivity index (χ0v) is 17.6. The van der Waals surface area contributed by atoms with E-state index in [1.54, 1.807) is 12.1 Å². The number of nitro benzene ring substituents is 1. The third-order valence-electron chi connectivity index (χ3n) is 6.21. The highest BCUT2D eigenvalue weighted by Gasteiger charge is 2.29. The van der Waals surface area contributed by atoms with E-state index in [0.29, 0.717) is 11.7 Å². The van der Waals surface area contributed by atoms with Gasteiger partial charge in [0, 0.05) is 61.4 Å². The standard InChI is InChI=1S/C22H25N7O2/c1-2-17-13-20(24-21(23-17)15-7-9-18(10-8-15)29(30)31)27-11-3-5-16(14-27)22-26-25-19-6-4-12-28(19)22/h7-10,13,16H,2-6,11-12,14H2,1H3. The van der Waals surface area contributed by atoms with Crippen LogP contribution in [-0.2, 0) is 19.4 Å². The molecule has 0 spiro atoms. The zero-order valence-electron chi connectivity index (χ0n) is 17.6. The molecule has 2 aromatic heterocycles. The lowest BCUT2D eigenvalue weighted by atomic mass is 9.97. The van der Waals surface area contributed by atoms with Gasteiger partial charge in [0.2, 0.25) is 0 Å². The number of aryl methyl sites for hydroxylation is 2. The van der Waals surface area contributed by atoms with E-state index >= 15 is 0 Å². The summed E-state index contributed by atoms with van der Waals surface area (Å²) < 4.78 is 2.30. The van der Waals surface area contributed by atoms with E-state index < -0.39 is 4.92 Å².